The van der Waals surface area contributed by atoms with Gasteiger partial charge in [-0.3, -0.25) is 4.79 Å². The second-order valence-corrected chi connectivity index (χ2v) is 13.4. The first kappa shape index (κ1) is 35.0. The van der Waals surface area contributed by atoms with E-state index in [0.717, 1.165) is 16.5 Å². The van der Waals surface area contributed by atoms with Crippen LogP contribution in [0.3, 0.4) is 0 Å². The minimum Gasteiger partial charge on any atom is -0.475 e. The molecule has 44 heavy (non-hydrogen) atoms. The summed E-state index contributed by atoms with van der Waals surface area (Å²) >= 11 is 0. The number of fused-ring (bicyclic) bond motifs is 1. The van der Waals surface area contributed by atoms with Crippen LogP contribution in [-0.4, -0.2) is 65.8 Å². The predicted octanol–water partition coefficient (Wildman–Crippen LogP) is 5.37. The Kier molecular flexibility index (Phi) is 11.2. The number of primary amides is 1. The van der Waals surface area contributed by atoms with Gasteiger partial charge in [0.15, 0.2) is 0 Å². The van der Waals surface area contributed by atoms with Crippen LogP contribution in [0.5, 0.6) is 0 Å². The maximum Gasteiger partial charge on any atom is 0.490 e. The third-order valence-corrected chi connectivity index (χ3v) is 9.83. The van der Waals surface area contributed by atoms with E-state index in [2.05, 4.69) is 31.1 Å². The van der Waals surface area contributed by atoms with Crippen LogP contribution in [-0.2, 0) is 21.4 Å². The topological polar surface area (TPSA) is 146 Å². The summed E-state index contributed by atoms with van der Waals surface area (Å²) in [5, 5.41) is 11.4. The van der Waals surface area contributed by atoms with Gasteiger partial charge in [-0.1, -0.05) is 19.9 Å². The van der Waals surface area contributed by atoms with E-state index in [4.69, 9.17) is 15.6 Å². The van der Waals surface area contributed by atoms with Crippen LogP contribution in [0.2, 0.25) is 0 Å². The number of aromatic amines is 1. The zero-order chi connectivity index (χ0) is 33.0. The number of piperidine rings is 1. The van der Waals surface area contributed by atoms with Gasteiger partial charge < -0.3 is 21.1 Å². The van der Waals surface area contributed by atoms with Gasteiger partial charge in [0.05, 0.1) is 16.8 Å². The lowest BCUT2D eigenvalue weighted by molar-refractivity contribution is -0.192. The van der Waals surface area contributed by atoms with Crippen molar-refractivity contribution in [1.29, 1.82) is 0 Å². The van der Waals surface area contributed by atoms with E-state index in [9.17, 15) is 26.4 Å². The summed E-state index contributed by atoms with van der Waals surface area (Å²) in [6, 6.07) is 8.92. The Morgan fingerprint density at radius 2 is 1.75 bits per heavy atom. The first-order valence-electron chi connectivity index (χ1n) is 14.2. The standard InChI is InChI=1S/C28H37FN4O3S.C2HF3O2/c1-5-37(35,36)33-10-8-20(9-11-33)25-16-32-27-23(25)13-21(14-24(27)28(30)34)22-12-19(6-7-26(22)29)15-31-18(4)17(2)3;3-2(4,5)1(6)7/h6-7,12-14,16-18,20,31-32H,5,8-11,15H2,1-4H3,(H2,30,34);(H,6,7)/t18-;/m1./s1. The Morgan fingerprint density at radius 3 is 2.27 bits per heavy atom. The molecule has 5 N–H and O–H groups in total. The number of carbonyl (C=O) groups excluding carboxylic acids is 1. The van der Waals surface area contributed by atoms with Gasteiger partial charge in [-0.25, -0.2) is 21.9 Å². The number of carboxylic acid groups (broad SMARTS) is 1. The maximum atomic E-state index is 15.1. The highest BCUT2D eigenvalue weighted by molar-refractivity contribution is 7.89. The van der Waals surface area contributed by atoms with Crippen LogP contribution < -0.4 is 11.1 Å². The van der Waals surface area contributed by atoms with Crippen LogP contribution in [0.25, 0.3) is 22.0 Å². The molecule has 1 fully saturated rings. The zero-order valence-corrected chi connectivity index (χ0v) is 25.8. The summed E-state index contributed by atoms with van der Waals surface area (Å²) in [6.45, 7) is 9.58. The normalized spacial score (nSPS) is 15.7. The molecular weight excluding hydrogens is 604 g/mol. The first-order chi connectivity index (χ1) is 20.5. The third kappa shape index (κ3) is 8.36. The predicted molar refractivity (Wildman–Crippen MR) is 160 cm³/mol. The quantitative estimate of drug-likeness (QED) is 0.231. The molecule has 1 atom stereocenters. The molecule has 1 aromatic heterocycles. The van der Waals surface area contributed by atoms with Gasteiger partial charge in [0.25, 0.3) is 5.91 Å². The number of nitrogens with zero attached hydrogens (tertiary/aromatic N) is 1. The molecule has 1 amide bonds. The molecule has 1 aliphatic rings. The van der Waals surface area contributed by atoms with E-state index in [1.807, 2.05) is 18.3 Å². The number of hydrogen-bond acceptors (Lipinski definition) is 5. The molecular formula is C30H38F4N4O5S. The summed E-state index contributed by atoms with van der Waals surface area (Å²) < 4.78 is 72.9. The second kappa shape index (κ2) is 14.1. The molecule has 0 radical (unpaired) electrons. The molecule has 9 nitrogen and oxygen atoms in total. The van der Waals surface area contributed by atoms with E-state index in [1.165, 1.54) is 6.07 Å². The van der Waals surface area contributed by atoms with Crippen LogP contribution in [0, 0.1) is 11.7 Å². The summed E-state index contributed by atoms with van der Waals surface area (Å²) in [5.41, 5.74) is 9.61. The van der Waals surface area contributed by atoms with Crippen molar-refractivity contribution in [2.24, 2.45) is 11.7 Å². The van der Waals surface area contributed by atoms with Crippen molar-refractivity contribution in [2.45, 2.75) is 65.2 Å². The average Bonchev–Trinajstić information content (AvgIpc) is 3.39. The van der Waals surface area contributed by atoms with Crippen LogP contribution in [0.15, 0.2) is 36.5 Å². The number of rotatable bonds is 9. The number of sulfonamides is 1. The molecule has 4 rings (SSSR count). The molecule has 242 valence electrons. The minimum atomic E-state index is -5.08. The Labute approximate surface area is 253 Å². The molecule has 3 aromatic rings. The van der Waals surface area contributed by atoms with E-state index < -0.39 is 28.1 Å². The highest BCUT2D eigenvalue weighted by atomic mass is 32.2. The molecule has 1 aliphatic heterocycles. The van der Waals surface area contributed by atoms with Gasteiger partial charge in [0.1, 0.15) is 5.82 Å². The molecule has 2 heterocycles. The number of amides is 1. The third-order valence-electron chi connectivity index (χ3n) is 7.95. The van der Waals surface area contributed by atoms with Crippen molar-refractivity contribution >= 4 is 32.8 Å². The van der Waals surface area contributed by atoms with Crippen LogP contribution >= 0.6 is 0 Å². The molecule has 1 saturated heterocycles. The van der Waals surface area contributed by atoms with E-state index in [-0.39, 0.29) is 17.5 Å². The number of H-pyrrole nitrogens is 1. The highest BCUT2D eigenvalue weighted by Gasteiger charge is 2.38. The van der Waals surface area contributed by atoms with Crippen LogP contribution in [0.1, 0.15) is 67.9 Å². The Bertz CT molecular complexity index is 1600. The number of alkyl halides is 3. The largest absolute Gasteiger partial charge is 0.490 e. The summed E-state index contributed by atoms with van der Waals surface area (Å²) in [5.74, 6) is -3.04. The fourth-order valence-electron chi connectivity index (χ4n) is 4.99. The maximum absolute atomic E-state index is 15.1. The fourth-order valence-corrected chi connectivity index (χ4v) is 6.12. The van der Waals surface area contributed by atoms with E-state index in [0.29, 0.717) is 66.6 Å². The van der Waals surface area contributed by atoms with Gasteiger partial charge in [-0.2, -0.15) is 13.2 Å². The molecule has 14 heteroatoms. The minimum absolute atomic E-state index is 0.0899. The van der Waals surface area contributed by atoms with E-state index >= 15 is 4.39 Å². The number of nitrogens with one attached hydrogen (secondary N) is 2. The molecule has 0 aliphatic carbocycles. The lowest BCUT2D eigenvalue weighted by Gasteiger charge is -2.31. The van der Waals surface area contributed by atoms with Gasteiger partial charge in [0, 0.05) is 42.8 Å². The van der Waals surface area contributed by atoms with Crippen molar-refractivity contribution in [3.63, 3.8) is 0 Å². The molecule has 0 spiro atoms. The van der Waals surface area contributed by atoms with Crippen molar-refractivity contribution in [3.05, 3.63) is 59.0 Å². The van der Waals surface area contributed by atoms with Crippen molar-refractivity contribution in [1.82, 2.24) is 14.6 Å². The Morgan fingerprint density at radius 1 is 1.14 bits per heavy atom. The van der Waals surface area contributed by atoms with Crippen molar-refractivity contribution in [3.8, 4) is 11.1 Å². The summed E-state index contributed by atoms with van der Waals surface area (Å²) in [4.78, 5) is 24.5. The number of aliphatic carboxylic acids is 1. The number of carbonyl (C=O) groups is 2. The van der Waals surface area contributed by atoms with Crippen molar-refractivity contribution in [2.75, 3.05) is 18.8 Å². The lowest BCUT2D eigenvalue weighted by atomic mass is 9.88. The smallest absolute Gasteiger partial charge is 0.475 e. The summed E-state index contributed by atoms with van der Waals surface area (Å²) in [6.07, 6.45) is -1.86. The Hall–Kier alpha value is -3.49. The number of hydrogen-bond donors (Lipinski definition) is 4. The van der Waals surface area contributed by atoms with Crippen molar-refractivity contribution < 1.29 is 40.7 Å². The monoisotopic (exact) mass is 642 g/mol. The molecule has 2 aromatic carbocycles. The van der Waals surface area contributed by atoms with Gasteiger partial charge in [-0.15, -0.1) is 0 Å². The lowest BCUT2D eigenvalue weighted by Crippen LogP contribution is -2.38. The molecule has 0 unspecified atom stereocenters. The average molecular weight is 643 g/mol. The second-order valence-electron chi connectivity index (χ2n) is 11.2. The van der Waals surface area contributed by atoms with Gasteiger partial charge in [0.2, 0.25) is 10.0 Å². The van der Waals surface area contributed by atoms with Crippen LogP contribution in [0.4, 0.5) is 17.6 Å². The number of carboxylic acids is 1. The molecule has 0 bridgehead atoms. The van der Waals surface area contributed by atoms with Gasteiger partial charge >= 0.3 is 12.1 Å². The number of benzene rings is 2. The number of halogens is 4. The first-order valence-corrected chi connectivity index (χ1v) is 15.8. The summed E-state index contributed by atoms with van der Waals surface area (Å²) in [7, 11) is -3.22. The van der Waals surface area contributed by atoms with E-state index in [1.54, 1.807) is 23.4 Å². The highest BCUT2D eigenvalue weighted by Crippen LogP contribution is 2.38. The fraction of sp³-hybridized carbons (Fsp3) is 0.467. The molecule has 0 saturated carbocycles. The Balaban J connectivity index is 0.000000676. The zero-order valence-electron chi connectivity index (χ0n) is 25.0. The number of aromatic nitrogens is 1. The number of nitrogens with two attached hydrogens (primary N) is 1. The SMILES string of the molecule is CCS(=O)(=O)N1CCC(c2c[nH]c3c(C(N)=O)cc(-c4cc(CN[C@H](C)C(C)C)ccc4F)cc23)CC1.O=C(O)C(F)(F)F. The van der Waals surface area contributed by atoms with Gasteiger partial charge in [-0.05, 0) is 79.5 Å².